The number of carbonyl (C=O) groups excluding carboxylic acids is 1. The standard InChI is InChI=1S/C18H21N3O/c1-13(12-16(22)21-18(19)20)17(14-8-4-2-5-9-14)15-10-6-3-7-11-15/h2-11,13,17H,12H2,1H3,(H4,19,20,21,22). The minimum atomic E-state index is -0.288. The molecular weight excluding hydrogens is 274 g/mol. The van der Waals surface area contributed by atoms with Crippen molar-refractivity contribution in [1.29, 1.82) is 0 Å². The molecule has 1 unspecified atom stereocenters. The molecule has 0 bridgehead atoms. The van der Waals surface area contributed by atoms with E-state index < -0.39 is 0 Å². The molecule has 114 valence electrons. The third-order valence-electron chi connectivity index (χ3n) is 3.64. The average Bonchev–Trinajstić information content (AvgIpc) is 2.48. The zero-order chi connectivity index (χ0) is 15.9. The highest BCUT2D eigenvalue weighted by Gasteiger charge is 2.23. The van der Waals surface area contributed by atoms with Crippen LogP contribution in [0.2, 0.25) is 0 Å². The van der Waals surface area contributed by atoms with Gasteiger partial charge >= 0.3 is 0 Å². The van der Waals surface area contributed by atoms with Gasteiger partial charge in [0.2, 0.25) is 5.91 Å². The molecule has 4 nitrogen and oxygen atoms in total. The molecule has 0 heterocycles. The van der Waals surface area contributed by atoms with Crippen molar-refractivity contribution in [3.63, 3.8) is 0 Å². The lowest BCUT2D eigenvalue weighted by Crippen LogP contribution is -2.25. The Bertz CT molecular complexity index is 594. The van der Waals surface area contributed by atoms with Crippen molar-refractivity contribution in [3.05, 3.63) is 71.8 Å². The van der Waals surface area contributed by atoms with E-state index in [1.54, 1.807) is 0 Å². The van der Waals surface area contributed by atoms with E-state index in [1.807, 2.05) is 43.3 Å². The molecular formula is C18H21N3O. The second kappa shape index (κ2) is 7.41. The maximum absolute atomic E-state index is 11.9. The zero-order valence-electron chi connectivity index (χ0n) is 12.6. The van der Waals surface area contributed by atoms with Crippen molar-refractivity contribution in [3.8, 4) is 0 Å². The van der Waals surface area contributed by atoms with Gasteiger partial charge in [0.05, 0.1) is 0 Å². The van der Waals surface area contributed by atoms with Gasteiger partial charge in [-0.3, -0.25) is 4.79 Å². The molecule has 0 saturated carbocycles. The summed E-state index contributed by atoms with van der Waals surface area (Å²) >= 11 is 0. The Labute approximate surface area is 130 Å². The molecule has 0 aromatic heterocycles. The summed E-state index contributed by atoms with van der Waals surface area (Å²) in [5.74, 6) is -0.265. The van der Waals surface area contributed by atoms with E-state index in [1.165, 1.54) is 11.1 Å². The van der Waals surface area contributed by atoms with Crippen molar-refractivity contribution >= 4 is 11.9 Å². The van der Waals surface area contributed by atoms with Crippen LogP contribution in [0, 0.1) is 5.92 Å². The van der Waals surface area contributed by atoms with Gasteiger partial charge in [0.25, 0.3) is 0 Å². The van der Waals surface area contributed by atoms with Gasteiger partial charge in [0.15, 0.2) is 5.96 Å². The topological polar surface area (TPSA) is 81.5 Å². The van der Waals surface area contributed by atoms with Crippen LogP contribution in [0.5, 0.6) is 0 Å². The van der Waals surface area contributed by atoms with Crippen LogP contribution in [0.15, 0.2) is 65.7 Å². The molecule has 4 N–H and O–H groups in total. The molecule has 2 aromatic carbocycles. The SMILES string of the molecule is CC(CC(=O)N=C(N)N)C(c1ccccc1)c1ccccc1. The summed E-state index contributed by atoms with van der Waals surface area (Å²) in [5.41, 5.74) is 12.9. The van der Waals surface area contributed by atoms with Gasteiger partial charge in [-0.1, -0.05) is 67.6 Å². The third-order valence-corrected chi connectivity index (χ3v) is 3.64. The molecule has 2 aromatic rings. The highest BCUT2D eigenvalue weighted by atomic mass is 16.1. The van der Waals surface area contributed by atoms with E-state index in [-0.39, 0.29) is 23.7 Å². The highest BCUT2D eigenvalue weighted by molar-refractivity contribution is 5.91. The maximum Gasteiger partial charge on any atom is 0.249 e. The summed E-state index contributed by atoms with van der Waals surface area (Å²) in [6.45, 7) is 2.05. The summed E-state index contributed by atoms with van der Waals surface area (Å²) in [7, 11) is 0. The lowest BCUT2D eigenvalue weighted by Gasteiger charge is -2.24. The predicted octanol–water partition coefficient (Wildman–Crippen LogP) is 2.64. The fraction of sp³-hybridized carbons (Fsp3) is 0.222. The number of aliphatic imine (C=N–C) groups is 1. The lowest BCUT2D eigenvalue weighted by atomic mass is 9.80. The first-order valence-corrected chi connectivity index (χ1v) is 7.30. The number of guanidine groups is 1. The highest BCUT2D eigenvalue weighted by Crippen LogP contribution is 2.33. The number of nitrogens with two attached hydrogens (primary N) is 2. The van der Waals surface area contributed by atoms with Crippen LogP contribution in [0.25, 0.3) is 0 Å². The maximum atomic E-state index is 11.9. The van der Waals surface area contributed by atoms with E-state index in [0.717, 1.165) is 0 Å². The third kappa shape index (κ3) is 4.19. The van der Waals surface area contributed by atoms with Crippen molar-refractivity contribution < 1.29 is 4.79 Å². The quantitative estimate of drug-likeness (QED) is 0.657. The van der Waals surface area contributed by atoms with Crippen LogP contribution < -0.4 is 11.5 Å². The van der Waals surface area contributed by atoms with Crippen LogP contribution in [-0.2, 0) is 4.79 Å². The summed E-state index contributed by atoms with van der Waals surface area (Å²) in [5, 5.41) is 0. The van der Waals surface area contributed by atoms with E-state index in [9.17, 15) is 4.79 Å². The molecule has 0 aliphatic rings. The first-order valence-electron chi connectivity index (χ1n) is 7.30. The Morgan fingerprint density at radius 2 is 1.41 bits per heavy atom. The normalized spacial score (nSPS) is 11.9. The Balaban J connectivity index is 2.29. The fourth-order valence-electron chi connectivity index (χ4n) is 2.75. The van der Waals surface area contributed by atoms with Crippen molar-refractivity contribution in [2.75, 3.05) is 0 Å². The summed E-state index contributed by atoms with van der Waals surface area (Å²) in [6.07, 6.45) is 0.298. The van der Waals surface area contributed by atoms with Gasteiger partial charge < -0.3 is 11.5 Å². The number of hydrogen-bond acceptors (Lipinski definition) is 1. The first kappa shape index (κ1) is 15.8. The molecule has 22 heavy (non-hydrogen) atoms. The largest absolute Gasteiger partial charge is 0.370 e. The van der Waals surface area contributed by atoms with Gasteiger partial charge in [0.1, 0.15) is 0 Å². The van der Waals surface area contributed by atoms with Gasteiger partial charge in [-0.2, -0.15) is 4.99 Å². The number of amides is 1. The van der Waals surface area contributed by atoms with Crippen LogP contribution >= 0.6 is 0 Å². The summed E-state index contributed by atoms with van der Waals surface area (Å²) < 4.78 is 0. The van der Waals surface area contributed by atoms with E-state index >= 15 is 0 Å². The van der Waals surface area contributed by atoms with Crippen molar-refractivity contribution in [1.82, 2.24) is 0 Å². The molecule has 4 heteroatoms. The number of rotatable bonds is 5. The summed E-state index contributed by atoms with van der Waals surface area (Å²) in [6, 6.07) is 20.3. The Kier molecular flexibility index (Phi) is 5.31. The number of hydrogen-bond donors (Lipinski definition) is 2. The Hall–Kier alpha value is -2.62. The second-order valence-corrected chi connectivity index (χ2v) is 5.41. The first-order chi connectivity index (χ1) is 10.6. The van der Waals surface area contributed by atoms with Gasteiger partial charge in [0, 0.05) is 12.3 Å². The monoisotopic (exact) mass is 295 g/mol. The molecule has 2 rings (SSSR count). The molecule has 0 fully saturated rings. The molecule has 0 spiro atoms. The molecule has 1 amide bonds. The Morgan fingerprint density at radius 3 is 1.82 bits per heavy atom. The minimum Gasteiger partial charge on any atom is -0.370 e. The molecule has 1 atom stereocenters. The van der Waals surface area contributed by atoms with Crippen LogP contribution in [0.4, 0.5) is 0 Å². The van der Waals surface area contributed by atoms with Gasteiger partial charge in [-0.25, -0.2) is 0 Å². The molecule has 0 radical (unpaired) electrons. The molecule has 0 saturated heterocycles. The smallest absolute Gasteiger partial charge is 0.249 e. The van der Waals surface area contributed by atoms with E-state index in [2.05, 4.69) is 29.3 Å². The van der Waals surface area contributed by atoms with Gasteiger partial charge in [-0.15, -0.1) is 0 Å². The van der Waals surface area contributed by atoms with Crippen molar-refractivity contribution in [2.45, 2.75) is 19.3 Å². The van der Waals surface area contributed by atoms with Crippen LogP contribution in [-0.4, -0.2) is 11.9 Å². The number of nitrogens with zero attached hydrogens (tertiary/aromatic N) is 1. The zero-order valence-corrected chi connectivity index (χ0v) is 12.6. The van der Waals surface area contributed by atoms with Gasteiger partial charge in [-0.05, 0) is 17.0 Å². The Morgan fingerprint density at radius 1 is 0.955 bits per heavy atom. The van der Waals surface area contributed by atoms with Crippen molar-refractivity contribution in [2.24, 2.45) is 22.4 Å². The number of benzene rings is 2. The van der Waals surface area contributed by atoms with E-state index in [0.29, 0.717) is 6.42 Å². The van der Waals surface area contributed by atoms with Crippen LogP contribution in [0.1, 0.15) is 30.4 Å². The second-order valence-electron chi connectivity index (χ2n) is 5.41. The average molecular weight is 295 g/mol. The van der Waals surface area contributed by atoms with E-state index in [4.69, 9.17) is 11.5 Å². The van der Waals surface area contributed by atoms with Crippen LogP contribution in [0.3, 0.4) is 0 Å². The number of carbonyl (C=O) groups is 1. The lowest BCUT2D eigenvalue weighted by molar-refractivity contribution is -0.118. The summed E-state index contributed by atoms with van der Waals surface area (Å²) in [4.78, 5) is 15.5. The molecule has 0 aliphatic heterocycles. The fourth-order valence-corrected chi connectivity index (χ4v) is 2.75. The minimum absolute atomic E-state index is 0.0837. The molecule has 0 aliphatic carbocycles. The predicted molar refractivity (Wildman–Crippen MR) is 89.3 cm³/mol.